The highest BCUT2D eigenvalue weighted by Crippen LogP contribution is 2.40. The van der Waals surface area contributed by atoms with E-state index in [2.05, 4.69) is 53.1 Å². The number of hydrogen-bond acceptors (Lipinski definition) is 3. The molecule has 1 N–H and O–H groups in total. The minimum Gasteiger partial charge on any atom is -0.454 e. The van der Waals surface area contributed by atoms with Crippen molar-refractivity contribution in [3.05, 3.63) is 49.3 Å². The summed E-state index contributed by atoms with van der Waals surface area (Å²) in [5.41, 5.74) is 2.15. The van der Waals surface area contributed by atoms with Crippen LogP contribution in [0.4, 0.5) is 5.69 Å². The summed E-state index contributed by atoms with van der Waals surface area (Å²) in [6, 6.07) is 10.1. The zero-order valence-electron chi connectivity index (χ0n) is 10.3. The second-order valence-electron chi connectivity index (χ2n) is 4.29. The van der Waals surface area contributed by atoms with Gasteiger partial charge in [-0.3, -0.25) is 0 Å². The molecule has 0 atom stereocenters. The Morgan fingerprint density at radius 3 is 2.70 bits per heavy atom. The average molecular weight is 464 g/mol. The zero-order valence-corrected chi connectivity index (χ0v) is 15.0. The average Bonchev–Trinajstić information content (AvgIpc) is 2.89. The fourth-order valence-corrected chi connectivity index (χ4v) is 3.30. The van der Waals surface area contributed by atoms with Gasteiger partial charge >= 0.3 is 0 Å². The van der Waals surface area contributed by atoms with Crippen molar-refractivity contribution in [2.45, 2.75) is 6.54 Å². The Hall–Kier alpha value is -0.720. The van der Waals surface area contributed by atoms with E-state index in [1.54, 1.807) is 0 Å². The van der Waals surface area contributed by atoms with Gasteiger partial charge in [0.2, 0.25) is 6.79 Å². The maximum Gasteiger partial charge on any atom is 0.231 e. The van der Waals surface area contributed by atoms with Gasteiger partial charge in [-0.25, -0.2) is 0 Å². The topological polar surface area (TPSA) is 30.5 Å². The molecule has 2 aromatic rings. The molecule has 0 spiro atoms. The predicted molar refractivity (Wildman–Crippen MR) is 89.4 cm³/mol. The van der Waals surface area contributed by atoms with Crippen molar-refractivity contribution in [1.82, 2.24) is 0 Å². The van der Waals surface area contributed by atoms with Crippen LogP contribution in [0.2, 0.25) is 0 Å². The first-order chi connectivity index (χ1) is 9.63. The molecule has 0 saturated heterocycles. The van der Waals surface area contributed by atoms with E-state index in [1.165, 1.54) is 0 Å². The van der Waals surface area contributed by atoms with Crippen LogP contribution in [0.5, 0.6) is 11.5 Å². The van der Waals surface area contributed by atoms with Crippen molar-refractivity contribution in [2.75, 3.05) is 12.1 Å². The van der Waals surface area contributed by atoms with Crippen LogP contribution in [0.3, 0.4) is 0 Å². The Kier molecular flexibility index (Phi) is 4.23. The smallest absolute Gasteiger partial charge is 0.231 e. The highest BCUT2D eigenvalue weighted by molar-refractivity contribution is 9.11. The molecule has 0 aliphatic carbocycles. The lowest BCUT2D eigenvalue weighted by atomic mass is 10.2. The normalized spacial score (nSPS) is 12.6. The summed E-state index contributed by atoms with van der Waals surface area (Å²) in [5.74, 6) is 1.56. The van der Waals surface area contributed by atoms with Gasteiger partial charge in [-0.1, -0.05) is 15.9 Å². The molecule has 0 fully saturated rings. The van der Waals surface area contributed by atoms with Crippen LogP contribution in [-0.4, -0.2) is 6.79 Å². The van der Waals surface area contributed by atoms with Gasteiger partial charge in [0.25, 0.3) is 0 Å². The van der Waals surface area contributed by atoms with Crippen LogP contribution in [0, 0.1) is 0 Å². The van der Waals surface area contributed by atoms with Crippen molar-refractivity contribution >= 4 is 53.5 Å². The maximum atomic E-state index is 5.42. The monoisotopic (exact) mass is 461 g/mol. The Labute approximate surface area is 142 Å². The van der Waals surface area contributed by atoms with Crippen LogP contribution < -0.4 is 14.8 Å². The summed E-state index contributed by atoms with van der Waals surface area (Å²) in [4.78, 5) is 0. The first-order valence-corrected chi connectivity index (χ1v) is 8.28. The molecule has 0 bridgehead atoms. The lowest BCUT2D eigenvalue weighted by Crippen LogP contribution is -2.00. The SMILES string of the molecule is Brc1ccc(Br)c(NCc2cc(Br)c3c(c2)OCO3)c1. The standard InChI is InChI=1S/C14H10Br3NO2/c15-9-1-2-10(16)12(5-9)18-6-8-3-11(17)14-13(4-8)19-7-20-14/h1-5,18H,6-7H2. The molecule has 0 saturated carbocycles. The van der Waals surface area contributed by atoms with Crippen molar-refractivity contribution in [3.8, 4) is 11.5 Å². The van der Waals surface area contributed by atoms with Crippen LogP contribution in [0.25, 0.3) is 0 Å². The van der Waals surface area contributed by atoms with Crippen LogP contribution in [0.1, 0.15) is 5.56 Å². The number of benzene rings is 2. The summed E-state index contributed by atoms with van der Waals surface area (Å²) in [5, 5.41) is 3.39. The fraction of sp³-hybridized carbons (Fsp3) is 0.143. The molecule has 3 rings (SSSR count). The fourth-order valence-electron chi connectivity index (χ4n) is 1.95. The van der Waals surface area contributed by atoms with Crippen LogP contribution >= 0.6 is 47.8 Å². The van der Waals surface area contributed by atoms with E-state index in [0.717, 1.165) is 36.2 Å². The maximum absolute atomic E-state index is 5.42. The van der Waals surface area contributed by atoms with Gasteiger partial charge in [0.05, 0.1) is 4.47 Å². The number of nitrogens with one attached hydrogen (secondary N) is 1. The van der Waals surface area contributed by atoms with E-state index in [1.807, 2.05) is 30.3 Å². The van der Waals surface area contributed by atoms with E-state index >= 15 is 0 Å². The number of fused-ring (bicyclic) bond motifs is 1. The van der Waals surface area contributed by atoms with Crippen molar-refractivity contribution < 1.29 is 9.47 Å². The van der Waals surface area contributed by atoms with E-state index in [-0.39, 0.29) is 6.79 Å². The van der Waals surface area contributed by atoms with Crippen molar-refractivity contribution in [1.29, 1.82) is 0 Å². The second kappa shape index (κ2) is 5.95. The molecule has 104 valence electrons. The molecule has 0 radical (unpaired) electrons. The summed E-state index contributed by atoms with van der Waals surface area (Å²) in [7, 11) is 0. The van der Waals surface area contributed by atoms with Crippen molar-refractivity contribution in [2.24, 2.45) is 0 Å². The van der Waals surface area contributed by atoms with Gasteiger partial charge in [-0.2, -0.15) is 0 Å². The Morgan fingerprint density at radius 1 is 1.00 bits per heavy atom. The minimum atomic E-state index is 0.280. The molecule has 0 aromatic heterocycles. The number of anilines is 1. The lowest BCUT2D eigenvalue weighted by Gasteiger charge is -2.10. The van der Waals surface area contributed by atoms with Crippen molar-refractivity contribution in [3.63, 3.8) is 0 Å². The summed E-state index contributed by atoms with van der Waals surface area (Å²) < 4.78 is 13.8. The lowest BCUT2D eigenvalue weighted by molar-refractivity contribution is 0.173. The van der Waals surface area contributed by atoms with E-state index < -0.39 is 0 Å². The zero-order chi connectivity index (χ0) is 14.1. The third-order valence-electron chi connectivity index (χ3n) is 2.90. The summed E-state index contributed by atoms with van der Waals surface area (Å²) >= 11 is 10.5. The van der Waals surface area contributed by atoms with E-state index in [9.17, 15) is 0 Å². The highest BCUT2D eigenvalue weighted by atomic mass is 79.9. The molecule has 2 aromatic carbocycles. The Balaban J connectivity index is 1.79. The second-order valence-corrected chi connectivity index (χ2v) is 6.91. The molecule has 20 heavy (non-hydrogen) atoms. The third kappa shape index (κ3) is 2.97. The van der Waals surface area contributed by atoms with Gasteiger partial charge < -0.3 is 14.8 Å². The molecule has 6 heteroatoms. The van der Waals surface area contributed by atoms with Crippen LogP contribution in [-0.2, 0) is 6.54 Å². The van der Waals surface area contributed by atoms with E-state index in [0.29, 0.717) is 6.54 Å². The quantitative estimate of drug-likeness (QED) is 0.668. The van der Waals surface area contributed by atoms with E-state index in [4.69, 9.17) is 9.47 Å². The first kappa shape index (κ1) is 14.2. The van der Waals surface area contributed by atoms with Gasteiger partial charge in [0.15, 0.2) is 11.5 Å². The van der Waals surface area contributed by atoms with Crippen LogP contribution in [0.15, 0.2) is 43.7 Å². The summed E-state index contributed by atoms with van der Waals surface area (Å²) in [6.45, 7) is 0.978. The Morgan fingerprint density at radius 2 is 1.85 bits per heavy atom. The molecule has 0 unspecified atom stereocenters. The number of ether oxygens (including phenoxy) is 2. The number of halogens is 3. The van der Waals surface area contributed by atoms with Gasteiger partial charge in [-0.05, 0) is 67.8 Å². The molecule has 0 amide bonds. The minimum absolute atomic E-state index is 0.280. The first-order valence-electron chi connectivity index (χ1n) is 5.90. The molecule has 3 nitrogen and oxygen atoms in total. The predicted octanol–water partition coefficient (Wildman–Crippen LogP) is 5.31. The highest BCUT2D eigenvalue weighted by Gasteiger charge is 2.17. The van der Waals surface area contributed by atoms with Gasteiger partial charge in [0, 0.05) is 21.2 Å². The molecule has 1 heterocycles. The number of rotatable bonds is 3. The van der Waals surface area contributed by atoms with Gasteiger partial charge in [-0.15, -0.1) is 0 Å². The Bertz CT molecular complexity index is 661. The molecule has 1 aliphatic rings. The largest absolute Gasteiger partial charge is 0.454 e. The molecular formula is C14H10Br3NO2. The molecule has 1 aliphatic heterocycles. The third-order valence-corrected chi connectivity index (χ3v) is 4.67. The van der Waals surface area contributed by atoms with Gasteiger partial charge in [0.1, 0.15) is 0 Å². The molecular weight excluding hydrogens is 454 g/mol. The number of hydrogen-bond donors (Lipinski definition) is 1. The summed E-state index contributed by atoms with van der Waals surface area (Å²) in [6.07, 6.45) is 0.